The van der Waals surface area contributed by atoms with Crippen LogP contribution >= 0.6 is 15.9 Å². The summed E-state index contributed by atoms with van der Waals surface area (Å²) in [5.41, 5.74) is 1.19. The second-order valence-corrected chi connectivity index (χ2v) is 4.67. The summed E-state index contributed by atoms with van der Waals surface area (Å²) in [5.74, 6) is 2.27. The highest BCUT2D eigenvalue weighted by Gasteiger charge is 2.08. The van der Waals surface area contributed by atoms with Gasteiger partial charge in [0.2, 0.25) is 0 Å². The minimum absolute atomic E-state index is 0.621. The standard InChI is InChI=1S/C14H21BrO2/c1-4-11(5-2)10-17-13-7-6-12(9-15)8-14(13)16-3/h6-8,11H,4-5,9-10H2,1-3H3. The van der Waals surface area contributed by atoms with E-state index in [9.17, 15) is 0 Å². The van der Waals surface area contributed by atoms with Gasteiger partial charge in [-0.3, -0.25) is 0 Å². The Morgan fingerprint density at radius 3 is 2.41 bits per heavy atom. The fourth-order valence-electron chi connectivity index (χ4n) is 1.65. The molecule has 0 aromatic heterocycles. The third-order valence-electron chi connectivity index (χ3n) is 3.01. The third-order valence-corrected chi connectivity index (χ3v) is 3.66. The van der Waals surface area contributed by atoms with Crippen LogP contribution in [0.25, 0.3) is 0 Å². The van der Waals surface area contributed by atoms with Crippen molar-refractivity contribution in [1.82, 2.24) is 0 Å². The van der Waals surface area contributed by atoms with Gasteiger partial charge >= 0.3 is 0 Å². The van der Waals surface area contributed by atoms with E-state index in [1.807, 2.05) is 12.1 Å². The fourth-order valence-corrected chi connectivity index (χ4v) is 2.00. The Bertz CT molecular complexity index is 335. The average molecular weight is 301 g/mol. The number of halogens is 1. The summed E-state index contributed by atoms with van der Waals surface area (Å²) in [7, 11) is 1.68. The van der Waals surface area contributed by atoms with E-state index in [2.05, 4.69) is 35.8 Å². The molecule has 1 aromatic rings. The number of hydrogen-bond donors (Lipinski definition) is 0. The second-order valence-electron chi connectivity index (χ2n) is 4.11. The van der Waals surface area contributed by atoms with Crippen LogP contribution in [0.4, 0.5) is 0 Å². The van der Waals surface area contributed by atoms with Crippen LogP contribution in [0.3, 0.4) is 0 Å². The van der Waals surface area contributed by atoms with Gasteiger partial charge in [-0.2, -0.15) is 0 Å². The molecule has 3 heteroatoms. The number of methoxy groups -OCH3 is 1. The second kappa shape index (κ2) is 7.59. The molecule has 0 heterocycles. The smallest absolute Gasteiger partial charge is 0.161 e. The minimum atomic E-state index is 0.621. The Kier molecular flexibility index (Phi) is 6.41. The molecule has 96 valence electrons. The first-order chi connectivity index (χ1) is 8.24. The van der Waals surface area contributed by atoms with E-state index in [1.54, 1.807) is 7.11 Å². The van der Waals surface area contributed by atoms with Crippen molar-refractivity contribution in [3.8, 4) is 11.5 Å². The van der Waals surface area contributed by atoms with Gasteiger partial charge in [-0.25, -0.2) is 0 Å². The lowest BCUT2D eigenvalue weighted by atomic mass is 10.1. The van der Waals surface area contributed by atoms with Crippen LogP contribution in [0.5, 0.6) is 11.5 Å². The number of alkyl halides is 1. The molecule has 0 aliphatic rings. The van der Waals surface area contributed by atoms with Crippen LogP contribution in [-0.2, 0) is 5.33 Å². The summed E-state index contributed by atoms with van der Waals surface area (Å²) in [5, 5.41) is 0.830. The molecule has 0 unspecified atom stereocenters. The van der Waals surface area contributed by atoms with Crippen molar-refractivity contribution < 1.29 is 9.47 Å². The molecule has 0 saturated heterocycles. The molecule has 1 rings (SSSR count). The fraction of sp³-hybridized carbons (Fsp3) is 0.571. The van der Waals surface area contributed by atoms with Crippen molar-refractivity contribution in [2.45, 2.75) is 32.0 Å². The van der Waals surface area contributed by atoms with Crippen LogP contribution in [0.1, 0.15) is 32.3 Å². The van der Waals surface area contributed by atoms with E-state index < -0.39 is 0 Å². The summed E-state index contributed by atoms with van der Waals surface area (Å²) < 4.78 is 11.2. The highest BCUT2D eigenvalue weighted by atomic mass is 79.9. The Balaban J connectivity index is 2.70. The molecule has 0 amide bonds. The number of benzene rings is 1. The van der Waals surface area contributed by atoms with Gasteiger partial charge in [-0.15, -0.1) is 0 Å². The van der Waals surface area contributed by atoms with Crippen LogP contribution in [0.15, 0.2) is 18.2 Å². The number of hydrogen-bond acceptors (Lipinski definition) is 2. The monoisotopic (exact) mass is 300 g/mol. The first-order valence-electron chi connectivity index (χ1n) is 6.10. The lowest BCUT2D eigenvalue weighted by Gasteiger charge is -2.16. The molecule has 0 saturated carbocycles. The molecule has 0 N–H and O–H groups in total. The normalized spacial score (nSPS) is 10.6. The van der Waals surface area contributed by atoms with E-state index in [-0.39, 0.29) is 0 Å². The summed E-state index contributed by atoms with van der Waals surface area (Å²) in [6.07, 6.45) is 2.30. The van der Waals surface area contributed by atoms with Crippen LogP contribution in [0, 0.1) is 5.92 Å². The quantitative estimate of drug-likeness (QED) is 0.695. The van der Waals surface area contributed by atoms with Gasteiger partial charge in [0.15, 0.2) is 11.5 Å². The van der Waals surface area contributed by atoms with Crippen molar-refractivity contribution in [2.75, 3.05) is 13.7 Å². The minimum Gasteiger partial charge on any atom is -0.493 e. The molecule has 17 heavy (non-hydrogen) atoms. The molecule has 0 atom stereocenters. The van der Waals surface area contributed by atoms with Gasteiger partial charge in [-0.1, -0.05) is 48.7 Å². The van der Waals surface area contributed by atoms with Crippen LogP contribution in [-0.4, -0.2) is 13.7 Å². The van der Waals surface area contributed by atoms with Crippen molar-refractivity contribution in [2.24, 2.45) is 5.92 Å². The van der Waals surface area contributed by atoms with Crippen molar-refractivity contribution in [1.29, 1.82) is 0 Å². The lowest BCUT2D eigenvalue weighted by molar-refractivity contribution is 0.230. The van der Waals surface area contributed by atoms with Gasteiger partial charge < -0.3 is 9.47 Å². The van der Waals surface area contributed by atoms with Gasteiger partial charge in [0.25, 0.3) is 0 Å². The third kappa shape index (κ3) is 4.23. The number of ether oxygens (including phenoxy) is 2. The predicted molar refractivity (Wildman–Crippen MR) is 75.2 cm³/mol. The molecule has 2 nitrogen and oxygen atoms in total. The molecule has 0 aliphatic carbocycles. The summed E-state index contributed by atoms with van der Waals surface area (Å²) in [6.45, 7) is 5.16. The highest BCUT2D eigenvalue weighted by Crippen LogP contribution is 2.29. The predicted octanol–water partition coefficient (Wildman–Crippen LogP) is 4.41. The van der Waals surface area contributed by atoms with Crippen LogP contribution < -0.4 is 9.47 Å². The average Bonchev–Trinajstić information content (AvgIpc) is 2.39. The molecular weight excluding hydrogens is 280 g/mol. The van der Waals surface area contributed by atoms with Gasteiger partial charge in [-0.05, 0) is 23.6 Å². The maximum absolute atomic E-state index is 5.83. The van der Waals surface area contributed by atoms with Crippen molar-refractivity contribution >= 4 is 15.9 Å². The topological polar surface area (TPSA) is 18.5 Å². The van der Waals surface area contributed by atoms with Gasteiger partial charge in [0, 0.05) is 5.33 Å². The van der Waals surface area contributed by atoms with Crippen molar-refractivity contribution in [3.63, 3.8) is 0 Å². The van der Waals surface area contributed by atoms with E-state index in [4.69, 9.17) is 9.47 Å². The van der Waals surface area contributed by atoms with Gasteiger partial charge in [0.05, 0.1) is 13.7 Å². The van der Waals surface area contributed by atoms with Crippen LogP contribution in [0.2, 0.25) is 0 Å². The first-order valence-corrected chi connectivity index (χ1v) is 7.22. The van der Waals surface area contributed by atoms with E-state index in [0.717, 1.165) is 36.3 Å². The molecular formula is C14H21BrO2. The SMILES string of the molecule is CCC(CC)COc1ccc(CBr)cc1OC. The molecule has 0 aliphatic heterocycles. The molecule has 0 fully saturated rings. The van der Waals surface area contributed by atoms with Crippen molar-refractivity contribution in [3.05, 3.63) is 23.8 Å². The summed E-state index contributed by atoms with van der Waals surface area (Å²) in [4.78, 5) is 0. The Morgan fingerprint density at radius 2 is 1.88 bits per heavy atom. The maximum atomic E-state index is 5.83. The molecule has 1 aromatic carbocycles. The zero-order chi connectivity index (χ0) is 12.7. The lowest BCUT2D eigenvalue weighted by Crippen LogP contribution is -2.10. The van der Waals surface area contributed by atoms with E-state index in [1.165, 1.54) is 5.56 Å². The highest BCUT2D eigenvalue weighted by molar-refractivity contribution is 9.08. The van der Waals surface area contributed by atoms with Gasteiger partial charge in [0.1, 0.15) is 0 Å². The molecule has 0 spiro atoms. The Morgan fingerprint density at radius 1 is 1.18 bits per heavy atom. The number of rotatable bonds is 7. The van der Waals surface area contributed by atoms with E-state index >= 15 is 0 Å². The first kappa shape index (κ1) is 14.4. The summed E-state index contributed by atoms with van der Waals surface area (Å²) in [6, 6.07) is 6.05. The largest absolute Gasteiger partial charge is 0.493 e. The summed E-state index contributed by atoms with van der Waals surface area (Å²) >= 11 is 3.43. The zero-order valence-corrected chi connectivity index (χ0v) is 12.4. The molecule has 0 bridgehead atoms. The Labute approximate surface area is 112 Å². The maximum Gasteiger partial charge on any atom is 0.161 e. The van der Waals surface area contributed by atoms with E-state index in [0.29, 0.717) is 5.92 Å². The zero-order valence-electron chi connectivity index (χ0n) is 10.8. The Hall–Kier alpha value is -0.700. The molecule has 0 radical (unpaired) electrons.